The predicted octanol–water partition coefficient (Wildman–Crippen LogP) is 10.6. The lowest BCUT2D eigenvalue weighted by molar-refractivity contribution is 0.730. The Morgan fingerprint density at radius 3 is 1.86 bits per heavy atom. The SMILES string of the molecule is C1=CC2c3ccccc3N(c3nc(-c4ccccc4)nc(-c4ccccc4)n3)C2C=C1c1ccc2c(c1)c1ccccc1n2-c1ccccc1. The molecule has 3 heterocycles. The Labute approximate surface area is 290 Å². The van der Waals surface area contributed by atoms with E-state index in [4.69, 9.17) is 15.0 Å². The Morgan fingerprint density at radius 1 is 0.500 bits per heavy atom. The van der Waals surface area contributed by atoms with Gasteiger partial charge >= 0.3 is 0 Å². The molecule has 10 rings (SSSR count). The molecule has 2 unspecified atom stereocenters. The molecule has 0 spiro atoms. The van der Waals surface area contributed by atoms with Crippen LogP contribution in [0.5, 0.6) is 0 Å². The summed E-state index contributed by atoms with van der Waals surface area (Å²) in [4.78, 5) is 17.6. The molecule has 0 saturated carbocycles. The fourth-order valence-electron chi connectivity index (χ4n) is 7.68. The van der Waals surface area contributed by atoms with E-state index in [2.05, 4.69) is 149 Å². The first-order chi connectivity index (χ1) is 24.8. The van der Waals surface area contributed by atoms with Gasteiger partial charge in [0.1, 0.15) is 0 Å². The van der Waals surface area contributed by atoms with Crippen molar-refractivity contribution >= 4 is 39.0 Å². The standard InChI is InChI=1S/C45H31N5/c1-4-14-30(15-5-1)43-46-44(31-16-6-2-7-17-31)48-45(47-43)50-40-23-13-10-20-35(40)37-26-24-33(29-42(37)50)32-25-27-41-38(28-32)36-21-11-12-22-39(36)49(41)34-18-8-3-9-19-34/h1-29,37,42H. The minimum Gasteiger partial charge on any atom is -0.309 e. The molecule has 6 aromatic carbocycles. The topological polar surface area (TPSA) is 46.8 Å². The maximum Gasteiger partial charge on any atom is 0.234 e. The monoisotopic (exact) mass is 641 g/mol. The molecule has 0 N–H and O–H groups in total. The smallest absolute Gasteiger partial charge is 0.234 e. The maximum absolute atomic E-state index is 5.15. The average Bonchev–Trinajstić information content (AvgIpc) is 3.71. The summed E-state index contributed by atoms with van der Waals surface area (Å²) in [6.07, 6.45) is 7.04. The lowest BCUT2D eigenvalue weighted by atomic mass is 9.86. The molecule has 0 saturated heterocycles. The van der Waals surface area contributed by atoms with Crippen LogP contribution in [0.1, 0.15) is 17.0 Å². The normalized spacial score (nSPS) is 16.4. The van der Waals surface area contributed by atoms with E-state index in [1.807, 2.05) is 36.4 Å². The Morgan fingerprint density at radius 2 is 1.12 bits per heavy atom. The van der Waals surface area contributed by atoms with E-state index in [0.29, 0.717) is 17.6 Å². The van der Waals surface area contributed by atoms with Gasteiger partial charge in [-0.2, -0.15) is 9.97 Å². The largest absolute Gasteiger partial charge is 0.309 e. The van der Waals surface area contributed by atoms with Gasteiger partial charge in [-0.25, -0.2) is 4.98 Å². The molecule has 50 heavy (non-hydrogen) atoms. The van der Waals surface area contributed by atoms with Crippen molar-refractivity contribution < 1.29 is 0 Å². The molecule has 0 fully saturated rings. The van der Waals surface area contributed by atoms with Gasteiger partial charge in [-0.15, -0.1) is 0 Å². The molecule has 5 nitrogen and oxygen atoms in total. The summed E-state index contributed by atoms with van der Waals surface area (Å²) in [6.45, 7) is 0. The zero-order valence-electron chi connectivity index (χ0n) is 27.1. The summed E-state index contributed by atoms with van der Waals surface area (Å²) in [5.74, 6) is 2.12. The quantitative estimate of drug-likeness (QED) is 0.188. The first-order valence-electron chi connectivity index (χ1n) is 17.0. The number of nitrogens with zero attached hydrogens (tertiary/aromatic N) is 5. The number of para-hydroxylation sites is 3. The van der Waals surface area contributed by atoms with Crippen LogP contribution in [0, 0.1) is 0 Å². The number of hydrogen-bond donors (Lipinski definition) is 0. The fraction of sp³-hybridized carbons (Fsp3) is 0.0444. The first-order valence-corrected chi connectivity index (χ1v) is 17.0. The summed E-state index contributed by atoms with van der Waals surface area (Å²) in [6, 6.07) is 55.2. The highest BCUT2D eigenvalue weighted by Crippen LogP contribution is 2.48. The third-order valence-corrected chi connectivity index (χ3v) is 9.98. The van der Waals surface area contributed by atoms with Gasteiger partial charge in [-0.1, -0.05) is 140 Å². The summed E-state index contributed by atoms with van der Waals surface area (Å²) in [5, 5.41) is 2.48. The number of rotatable bonds is 5. The van der Waals surface area contributed by atoms with Crippen molar-refractivity contribution in [2.75, 3.05) is 4.90 Å². The molecule has 2 aromatic heterocycles. The van der Waals surface area contributed by atoms with E-state index in [9.17, 15) is 0 Å². The number of benzene rings is 6. The molecule has 2 aliphatic rings. The second-order valence-electron chi connectivity index (χ2n) is 12.9. The fourth-order valence-corrected chi connectivity index (χ4v) is 7.68. The first kappa shape index (κ1) is 28.4. The lowest BCUT2D eigenvalue weighted by Crippen LogP contribution is -2.31. The van der Waals surface area contributed by atoms with Gasteiger partial charge in [0.2, 0.25) is 5.95 Å². The number of fused-ring (bicyclic) bond motifs is 6. The number of hydrogen-bond acceptors (Lipinski definition) is 4. The van der Waals surface area contributed by atoms with E-state index in [1.54, 1.807) is 0 Å². The molecule has 0 amide bonds. The van der Waals surface area contributed by atoms with Gasteiger partial charge in [0.05, 0.1) is 17.1 Å². The van der Waals surface area contributed by atoms with Crippen molar-refractivity contribution in [3.05, 3.63) is 187 Å². The Hall–Kier alpha value is -6.59. The van der Waals surface area contributed by atoms with E-state index in [0.717, 1.165) is 22.5 Å². The molecular weight excluding hydrogens is 611 g/mol. The summed E-state index contributed by atoms with van der Waals surface area (Å²) in [5.41, 5.74) is 10.2. The highest BCUT2D eigenvalue weighted by molar-refractivity contribution is 6.10. The molecule has 0 bridgehead atoms. The molecule has 5 heteroatoms. The highest BCUT2D eigenvalue weighted by Gasteiger charge is 2.40. The Kier molecular flexibility index (Phi) is 6.56. The zero-order valence-corrected chi connectivity index (χ0v) is 27.1. The van der Waals surface area contributed by atoms with Crippen LogP contribution in [-0.4, -0.2) is 25.6 Å². The van der Waals surface area contributed by atoms with Gasteiger partial charge in [-0.05, 0) is 53.1 Å². The van der Waals surface area contributed by atoms with E-state index >= 15 is 0 Å². The number of aromatic nitrogens is 4. The third-order valence-electron chi connectivity index (χ3n) is 9.98. The molecule has 236 valence electrons. The molecule has 2 atom stereocenters. The Balaban J connectivity index is 1.13. The van der Waals surface area contributed by atoms with Crippen molar-refractivity contribution in [2.24, 2.45) is 0 Å². The van der Waals surface area contributed by atoms with Crippen molar-refractivity contribution in [1.29, 1.82) is 0 Å². The Bertz CT molecular complexity index is 2550. The van der Waals surface area contributed by atoms with Crippen LogP contribution in [-0.2, 0) is 0 Å². The van der Waals surface area contributed by atoms with Crippen molar-refractivity contribution in [3.63, 3.8) is 0 Å². The average molecular weight is 642 g/mol. The van der Waals surface area contributed by atoms with Crippen LogP contribution in [0.2, 0.25) is 0 Å². The van der Waals surface area contributed by atoms with E-state index in [1.165, 1.54) is 38.5 Å². The van der Waals surface area contributed by atoms with Crippen LogP contribution in [0.3, 0.4) is 0 Å². The van der Waals surface area contributed by atoms with Gasteiger partial charge < -0.3 is 9.47 Å². The van der Waals surface area contributed by atoms with Gasteiger partial charge in [0, 0.05) is 39.2 Å². The second-order valence-corrected chi connectivity index (χ2v) is 12.9. The summed E-state index contributed by atoms with van der Waals surface area (Å²) >= 11 is 0. The third kappa shape index (κ3) is 4.59. The van der Waals surface area contributed by atoms with Gasteiger partial charge in [-0.3, -0.25) is 0 Å². The van der Waals surface area contributed by atoms with E-state index < -0.39 is 0 Å². The molecule has 1 aliphatic carbocycles. The van der Waals surface area contributed by atoms with Crippen LogP contribution in [0.15, 0.2) is 176 Å². The highest BCUT2D eigenvalue weighted by atomic mass is 15.3. The minimum absolute atomic E-state index is 0.0107. The van der Waals surface area contributed by atoms with Crippen molar-refractivity contribution in [2.45, 2.75) is 12.0 Å². The van der Waals surface area contributed by atoms with Gasteiger partial charge in [0.25, 0.3) is 0 Å². The second kappa shape index (κ2) is 11.5. The molecule has 1 aliphatic heterocycles. The molecule has 8 aromatic rings. The van der Waals surface area contributed by atoms with Crippen LogP contribution in [0.4, 0.5) is 11.6 Å². The minimum atomic E-state index is -0.0107. The van der Waals surface area contributed by atoms with Crippen LogP contribution >= 0.6 is 0 Å². The summed E-state index contributed by atoms with van der Waals surface area (Å²) in [7, 11) is 0. The summed E-state index contributed by atoms with van der Waals surface area (Å²) < 4.78 is 2.36. The predicted molar refractivity (Wildman–Crippen MR) is 204 cm³/mol. The number of anilines is 2. The van der Waals surface area contributed by atoms with Crippen molar-refractivity contribution in [3.8, 4) is 28.5 Å². The van der Waals surface area contributed by atoms with Crippen molar-refractivity contribution in [1.82, 2.24) is 19.5 Å². The van der Waals surface area contributed by atoms with Crippen LogP contribution in [0.25, 0.3) is 55.8 Å². The zero-order chi connectivity index (χ0) is 33.0. The lowest BCUT2D eigenvalue weighted by Gasteiger charge is -2.28. The molecular formula is C45H31N5. The molecule has 0 radical (unpaired) electrons. The number of allylic oxidation sites excluding steroid dienone is 2. The van der Waals surface area contributed by atoms with Crippen LogP contribution < -0.4 is 4.90 Å². The van der Waals surface area contributed by atoms with E-state index in [-0.39, 0.29) is 12.0 Å². The maximum atomic E-state index is 5.15. The van der Waals surface area contributed by atoms with Gasteiger partial charge in [0.15, 0.2) is 11.6 Å².